The van der Waals surface area contributed by atoms with Crippen LogP contribution in [0, 0.1) is 0 Å². The van der Waals surface area contributed by atoms with Gasteiger partial charge in [0.15, 0.2) is 0 Å². The van der Waals surface area contributed by atoms with E-state index in [4.69, 9.17) is 9.72 Å². The number of aryl methyl sites for hydroxylation is 1. The third kappa shape index (κ3) is 5.49. The largest absolute Gasteiger partial charge is 0.497 e. The second-order valence-electron chi connectivity index (χ2n) is 8.43. The maximum atomic E-state index is 12.4. The second-order valence-corrected chi connectivity index (χ2v) is 8.43. The molecule has 2 aromatic carbocycles. The Balaban J connectivity index is 1.76. The molecule has 0 aliphatic heterocycles. The van der Waals surface area contributed by atoms with Gasteiger partial charge in [0, 0.05) is 49.3 Å². The van der Waals surface area contributed by atoms with Crippen molar-refractivity contribution in [3.05, 3.63) is 60.6 Å². The number of rotatable bonds is 10. The summed E-state index contributed by atoms with van der Waals surface area (Å²) in [5.74, 6) is 0.764. The van der Waals surface area contributed by atoms with E-state index < -0.39 is 0 Å². The van der Waals surface area contributed by atoms with Gasteiger partial charge in [-0.2, -0.15) is 10.0 Å². The molecule has 8 nitrogen and oxygen atoms in total. The van der Waals surface area contributed by atoms with Crippen molar-refractivity contribution in [2.75, 3.05) is 39.3 Å². The molecule has 0 radical (unpaired) electrons. The second kappa shape index (κ2) is 10.6. The number of methoxy groups -OCH3 is 1. The highest BCUT2D eigenvalue weighted by Gasteiger charge is 2.15. The lowest BCUT2D eigenvalue weighted by molar-refractivity contribution is -0.132. The van der Waals surface area contributed by atoms with Gasteiger partial charge in [-0.1, -0.05) is 0 Å². The summed E-state index contributed by atoms with van der Waals surface area (Å²) in [4.78, 5) is 17.5. The molecule has 2 heterocycles. The number of anilines is 2. The lowest BCUT2D eigenvalue weighted by Gasteiger charge is -2.26. The average molecular weight is 465 g/mol. The number of ether oxygens (including phenoxy) is 1. The standard InChI is InChI=1S/C25H29FN6O2/c1-30(2)16-18-10-21(12-22(11-18)33-4)32(8-5-9-34-26)20-6-7-23-24(13-20)29-25(15-27-23)19-14-28-31(3)17-19/h6-7,10-15,17H,5,8-9,16H2,1-4H3. The van der Waals surface area contributed by atoms with Gasteiger partial charge in [0.2, 0.25) is 0 Å². The molecule has 0 N–H and O–H groups in total. The van der Waals surface area contributed by atoms with Crippen LogP contribution in [0.25, 0.3) is 22.3 Å². The first-order valence-electron chi connectivity index (χ1n) is 11.1. The van der Waals surface area contributed by atoms with Gasteiger partial charge in [0.25, 0.3) is 0 Å². The molecule has 0 unspecified atom stereocenters. The van der Waals surface area contributed by atoms with Gasteiger partial charge in [-0.15, -0.1) is 0 Å². The number of nitrogens with zero attached hydrogens (tertiary/aromatic N) is 6. The molecular weight excluding hydrogens is 435 g/mol. The fraction of sp³-hybridized carbons (Fsp3) is 0.320. The molecule has 9 heteroatoms. The normalized spacial score (nSPS) is 11.4. The smallest absolute Gasteiger partial charge is 0.121 e. The Morgan fingerprint density at radius 3 is 2.59 bits per heavy atom. The highest BCUT2D eigenvalue weighted by molar-refractivity contribution is 5.82. The van der Waals surface area contributed by atoms with E-state index in [9.17, 15) is 4.53 Å². The van der Waals surface area contributed by atoms with Crippen LogP contribution in [0.3, 0.4) is 0 Å². The highest BCUT2D eigenvalue weighted by atomic mass is 19.3. The van der Waals surface area contributed by atoms with Crippen LogP contribution in [0.2, 0.25) is 0 Å². The molecule has 2 aromatic heterocycles. The first kappa shape index (κ1) is 23.6. The molecule has 0 spiro atoms. The third-order valence-corrected chi connectivity index (χ3v) is 5.44. The van der Waals surface area contributed by atoms with Crippen molar-refractivity contribution in [1.29, 1.82) is 0 Å². The van der Waals surface area contributed by atoms with Gasteiger partial charge in [-0.3, -0.25) is 9.67 Å². The van der Waals surface area contributed by atoms with E-state index in [2.05, 4.69) is 30.9 Å². The van der Waals surface area contributed by atoms with Crippen molar-refractivity contribution >= 4 is 22.4 Å². The Morgan fingerprint density at radius 2 is 1.88 bits per heavy atom. The fourth-order valence-corrected chi connectivity index (χ4v) is 3.92. The minimum Gasteiger partial charge on any atom is -0.497 e. The predicted molar refractivity (Wildman–Crippen MR) is 131 cm³/mol. The van der Waals surface area contributed by atoms with E-state index in [0.29, 0.717) is 13.0 Å². The van der Waals surface area contributed by atoms with Crippen molar-refractivity contribution in [2.45, 2.75) is 13.0 Å². The average Bonchev–Trinajstić information content (AvgIpc) is 3.26. The van der Waals surface area contributed by atoms with E-state index >= 15 is 0 Å². The third-order valence-electron chi connectivity index (χ3n) is 5.44. The number of fused-ring (bicyclic) bond motifs is 1. The quantitative estimate of drug-likeness (QED) is 0.320. The zero-order valence-electron chi connectivity index (χ0n) is 19.9. The molecule has 0 aliphatic carbocycles. The van der Waals surface area contributed by atoms with Gasteiger partial charge < -0.3 is 14.5 Å². The SMILES string of the molecule is COc1cc(CN(C)C)cc(N(CCCOF)c2ccc3ncc(-c4cnn(C)c4)nc3c2)c1. The minimum absolute atomic E-state index is 0.0174. The molecule has 178 valence electrons. The van der Waals surface area contributed by atoms with E-state index in [1.165, 1.54) is 0 Å². The zero-order valence-corrected chi connectivity index (χ0v) is 19.9. The van der Waals surface area contributed by atoms with E-state index in [1.54, 1.807) is 24.2 Å². The van der Waals surface area contributed by atoms with Crippen molar-refractivity contribution in [3.63, 3.8) is 0 Å². The molecule has 0 bridgehead atoms. The maximum Gasteiger partial charge on any atom is 0.121 e. The minimum atomic E-state index is 0.0174. The Kier molecular flexibility index (Phi) is 7.34. The lowest BCUT2D eigenvalue weighted by Crippen LogP contribution is -2.20. The Hall–Kier alpha value is -3.56. The van der Waals surface area contributed by atoms with Crippen LogP contribution in [-0.4, -0.2) is 59.0 Å². The summed E-state index contributed by atoms with van der Waals surface area (Å²) in [5, 5.41) is 4.23. The first-order valence-corrected chi connectivity index (χ1v) is 11.1. The monoisotopic (exact) mass is 464 g/mol. The molecule has 0 fully saturated rings. The van der Waals surface area contributed by atoms with Crippen LogP contribution in [0.1, 0.15) is 12.0 Å². The van der Waals surface area contributed by atoms with Crippen molar-refractivity contribution in [1.82, 2.24) is 24.6 Å². The van der Waals surface area contributed by atoms with E-state index in [-0.39, 0.29) is 6.61 Å². The molecule has 34 heavy (non-hydrogen) atoms. The first-order chi connectivity index (χ1) is 16.5. The van der Waals surface area contributed by atoms with E-state index in [1.807, 2.05) is 57.7 Å². The highest BCUT2D eigenvalue weighted by Crippen LogP contribution is 2.32. The van der Waals surface area contributed by atoms with Crippen LogP contribution in [-0.2, 0) is 18.5 Å². The molecule has 0 aliphatic rings. The van der Waals surface area contributed by atoms with Crippen LogP contribution in [0.5, 0.6) is 5.75 Å². The van der Waals surface area contributed by atoms with Crippen molar-refractivity contribution in [2.24, 2.45) is 7.05 Å². The summed E-state index contributed by atoms with van der Waals surface area (Å²) in [6.07, 6.45) is 5.94. The van der Waals surface area contributed by atoms with Crippen LogP contribution in [0.15, 0.2) is 55.0 Å². The van der Waals surface area contributed by atoms with Gasteiger partial charge in [0.1, 0.15) is 5.75 Å². The van der Waals surface area contributed by atoms with Crippen LogP contribution >= 0.6 is 0 Å². The summed E-state index contributed by atoms with van der Waals surface area (Å²) < 4.78 is 19.7. The maximum absolute atomic E-state index is 12.4. The predicted octanol–water partition coefficient (Wildman–Crippen LogP) is 4.53. The summed E-state index contributed by atoms with van der Waals surface area (Å²) in [5.41, 5.74) is 6.21. The number of hydrogen-bond acceptors (Lipinski definition) is 7. The van der Waals surface area contributed by atoms with Gasteiger partial charge >= 0.3 is 0 Å². The Bertz CT molecular complexity index is 1260. The topological polar surface area (TPSA) is 68.5 Å². The van der Waals surface area contributed by atoms with E-state index in [0.717, 1.165) is 51.5 Å². The van der Waals surface area contributed by atoms with Gasteiger partial charge in [-0.05, 0) is 60.9 Å². The lowest BCUT2D eigenvalue weighted by atomic mass is 10.1. The summed E-state index contributed by atoms with van der Waals surface area (Å²) in [6.45, 7) is 1.34. The molecule has 0 amide bonds. The number of halogens is 1. The molecule has 0 saturated heterocycles. The van der Waals surface area contributed by atoms with Crippen molar-refractivity contribution in [3.8, 4) is 17.0 Å². The molecule has 4 rings (SSSR count). The molecule has 0 saturated carbocycles. The zero-order chi connectivity index (χ0) is 24.1. The molecule has 4 aromatic rings. The van der Waals surface area contributed by atoms with Gasteiger partial charge in [-0.25, -0.2) is 4.98 Å². The number of aromatic nitrogens is 4. The summed E-state index contributed by atoms with van der Waals surface area (Å²) in [7, 11) is 7.58. The summed E-state index contributed by atoms with van der Waals surface area (Å²) >= 11 is 0. The van der Waals surface area contributed by atoms with Crippen LogP contribution in [0.4, 0.5) is 15.9 Å². The number of hydrogen-bond donors (Lipinski definition) is 0. The van der Waals surface area contributed by atoms with Crippen molar-refractivity contribution < 1.29 is 14.2 Å². The molecular formula is C25H29FN6O2. The Morgan fingerprint density at radius 1 is 1.03 bits per heavy atom. The Labute approximate surface area is 198 Å². The summed E-state index contributed by atoms with van der Waals surface area (Å²) in [6, 6.07) is 12.1. The van der Waals surface area contributed by atoms with Crippen LogP contribution < -0.4 is 9.64 Å². The fourth-order valence-electron chi connectivity index (χ4n) is 3.92. The van der Waals surface area contributed by atoms with Gasteiger partial charge in [0.05, 0.1) is 42.8 Å². The number of benzene rings is 2. The molecule has 0 atom stereocenters.